The van der Waals surface area contributed by atoms with Crippen LogP contribution in [0.25, 0.3) is 0 Å². The highest BCUT2D eigenvalue weighted by Crippen LogP contribution is 2.27. The zero-order chi connectivity index (χ0) is 18.4. The van der Waals surface area contributed by atoms with Gasteiger partial charge in [-0.2, -0.15) is 0 Å². The highest BCUT2D eigenvalue weighted by molar-refractivity contribution is 7.99. The minimum absolute atomic E-state index is 0.307. The van der Waals surface area contributed by atoms with E-state index >= 15 is 0 Å². The number of thioether (sulfide) groups is 1. The van der Waals surface area contributed by atoms with Crippen LogP contribution in [0.15, 0.2) is 41.3 Å². The van der Waals surface area contributed by atoms with Crippen LogP contribution >= 0.6 is 11.8 Å². The van der Waals surface area contributed by atoms with Gasteiger partial charge in [0.05, 0.1) is 0 Å². The molecule has 3 nitrogen and oxygen atoms in total. The van der Waals surface area contributed by atoms with Gasteiger partial charge in [0.2, 0.25) is 0 Å². The first-order valence-corrected chi connectivity index (χ1v) is 9.53. The fourth-order valence-corrected chi connectivity index (χ4v) is 3.63. The van der Waals surface area contributed by atoms with Crippen LogP contribution < -0.4 is 4.74 Å². The SMILES string of the molecule is Cc1cc(C(C)C)ccc1CCSc1ccc(OCC(=O)O)c(C)c1. The quantitative estimate of drug-likeness (QED) is 0.657. The third-order valence-electron chi connectivity index (χ3n) is 4.17. The molecular weight excluding hydrogens is 332 g/mol. The van der Waals surface area contributed by atoms with Crippen molar-refractivity contribution in [2.24, 2.45) is 0 Å². The summed E-state index contributed by atoms with van der Waals surface area (Å²) in [5.41, 5.74) is 5.11. The van der Waals surface area contributed by atoms with Gasteiger partial charge in [-0.05, 0) is 66.6 Å². The van der Waals surface area contributed by atoms with Gasteiger partial charge in [0, 0.05) is 10.6 Å². The molecule has 0 radical (unpaired) electrons. The largest absolute Gasteiger partial charge is 0.482 e. The molecule has 2 aromatic carbocycles. The van der Waals surface area contributed by atoms with E-state index in [0.717, 1.165) is 17.7 Å². The van der Waals surface area contributed by atoms with Crippen molar-refractivity contribution < 1.29 is 14.6 Å². The van der Waals surface area contributed by atoms with E-state index in [1.807, 2.05) is 30.8 Å². The van der Waals surface area contributed by atoms with E-state index < -0.39 is 5.97 Å². The summed E-state index contributed by atoms with van der Waals surface area (Å²) in [4.78, 5) is 11.8. The Morgan fingerprint density at radius 2 is 1.88 bits per heavy atom. The van der Waals surface area contributed by atoms with Crippen molar-refractivity contribution in [3.63, 3.8) is 0 Å². The molecule has 0 bridgehead atoms. The van der Waals surface area contributed by atoms with Gasteiger partial charge in [0.1, 0.15) is 5.75 Å². The van der Waals surface area contributed by atoms with E-state index in [4.69, 9.17) is 9.84 Å². The van der Waals surface area contributed by atoms with Gasteiger partial charge >= 0.3 is 5.97 Å². The molecule has 134 valence electrons. The monoisotopic (exact) mass is 358 g/mol. The summed E-state index contributed by atoms with van der Waals surface area (Å²) >= 11 is 1.81. The van der Waals surface area contributed by atoms with Gasteiger partial charge in [-0.25, -0.2) is 4.79 Å². The molecule has 0 unspecified atom stereocenters. The standard InChI is InChI=1S/C21H26O3S/c1-14(2)18-6-5-17(15(3)11-18)9-10-25-19-7-8-20(16(4)12-19)24-13-21(22)23/h5-8,11-12,14H,9-10,13H2,1-4H3,(H,22,23). The number of rotatable bonds is 8. The van der Waals surface area contributed by atoms with Crippen LogP contribution in [0.5, 0.6) is 5.75 Å². The Labute approximate surface area is 154 Å². The number of benzene rings is 2. The molecule has 0 atom stereocenters. The van der Waals surface area contributed by atoms with Crippen LogP contribution in [0.2, 0.25) is 0 Å². The Kier molecular flexibility index (Phi) is 6.94. The molecule has 2 aromatic rings. The lowest BCUT2D eigenvalue weighted by atomic mass is 9.97. The van der Waals surface area contributed by atoms with Crippen molar-refractivity contribution >= 4 is 17.7 Å². The maximum atomic E-state index is 10.6. The van der Waals surface area contributed by atoms with Crippen molar-refractivity contribution in [3.8, 4) is 5.75 Å². The normalized spacial score (nSPS) is 10.9. The number of carboxylic acids is 1. The summed E-state index contributed by atoms with van der Waals surface area (Å²) in [5, 5.41) is 8.69. The summed E-state index contributed by atoms with van der Waals surface area (Å²) < 4.78 is 5.26. The van der Waals surface area contributed by atoms with Crippen molar-refractivity contribution in [2.45, 2.75) is 44.9 Å². The summed E-state index contributed by atoms with van der Waals surface area (Å²) in [6.45, 7) is 8.26. The van der Waals surface area contributed by atoms with Gasteiger partial charge in [0.25, 0.3) is 0 Å². The molecule has 0 aromatic heterocycles. The highest BCUT2D eigenvalue weighted by atomic mass is 32.2. The second kappa shape index (κ2) is 8.95. The van der Waals surface area contributed by atoms with Crippen LogP contribution in [0.1, 0.15) is 42.0 Å². The summed E-state index contributed by atoms with van der Waals surface area (Å²) in [7, 11) is 0. The molecule has 0 aliphatic heterocycles. The Hall–Kier alpha value is -1.94. The zero-order valence-corrected chi connectivity index (χ0v) is 16.2. The topological polar surface area (TPSA) is 46.5 Å². The van der Waals surface area contributed by atoms with Crippen molar-refractivity contribution in [1.29, 1.82) is 0 Å². The predicted octanol–water partition coefficient (Wildman–Crippen LogP) is 5.23. The van der Waals surface area contributed by atoms with Crippen molar-refractivity contribution in [3.05, 3.63) is 58.7 Å². The first-order chi connectivity index (χ1) is 11.9. The molecule has 0 aliphatic rings. The summed E-state index contributed by atoms with van der Waals surface area (Å²) in [5.74, 6) is 1.24. The van der Waals surface area contributed by atoms with Crippen LogP contribution in [-0.4, -0.2) is 23.4 Å². The fourth-order valence-electron chi connectivity index (χ4n) is 2.65. The molecule has 1 N–H and O–H groups in total. The molecule has 0 amide bonds. The highest BCUT2D eigenvalue weighted by Gasteiger charge is 2.06. The average molecular weight is 359 g/mol. The number of hydrogen-bond donors (Lipinski definition) is 1. The zero-order valence-electron chi connectivity index (χ0n) is 15.3. The number of hydrogen-bond acceptors (Lipinski definition) is 3. The lowest BCUT2D eigenvalue weighted by Gasteiger charge is -2.11. The number of carbonyl (C=O) groups is 1. The number of carboxylic acid groups (broad SMARTS) is 1. The first-order valence-electron chi connectivity index (χ1n) is 8.54. The molecule has 0 saturated heterocycles. The van der Waals surface area contributed by atoms with E-state index in [0.29, 0.717) is 11.7 Å². The molecule has 0 saturated carbocycles. The van der Waals surface area contributed by atoms with Crippen LogP contribution in [0, 0.1) is 13.8 Å². The molecule has 2 rings (SSSR count). The summed E-state index contributed by atoms with van der Waals surface area (Å²) in [6.07, 6.45) is 1.03. The molecule has 0 heterocycles. The van der Waals surface area contributed by atoms with Crippen LogP contribution in [0.3, 0.4) is 0 Å². The van der Waals surface area contributed by atoms with Crippen molar-refractivity contribution in [2.75, 3.05) is 12.4 Å². The van der Waals surface area contributed by atoms with E-state index in [-0.39, 0.29) is 6.61 Å². The van der Waals surface area contributed by atoms with E-state index in [1.165, 1.54) is 21.6 Å². The van der Waals surface area contributed by atoms with E-state index in [9.17, 15) is 4.79 Å². The lowest BCUT2D eigenvalue weighted by Crippen LogP contribution is -2.10. The number of aryl methyl sites for hydroxylation is 3. The Morgan fingerprint density at radius 3 is 2.48 bits per heavy atom. The van der Waals surface area contributed by atoms with Crippen LogP contribution in [0.4, 0.5) is 0 Å². The lowest BCUT2D eigenvalue weighted by molar-refractivity contribution is -0.139. The molecule has 4 heteroatoms. The smallest absolute Gasteiger partial charge is 0.341 e. The predicted molar refractivity (Wildman–Crippen MR) is 104 cm³/mol. The van der Waals surface area contributed by atoms with Gasteiger partial charge < -0.3 is 9.84 Å². The molecule has 0 fully saturated rings. The first kappa shape index (κ1) is 19.4. The van der Waals surface area contributed by atoms with E-state index in [1.54, 1.807) is 0 Å². The minimum Gasteiger partial charge on any atom is -0.482 e. The fraction of sp³-hybridized carbons (Fsp3) is 0.381. The van der Waals surface area contributed by atoms with Crippen LogP contribution in [-0.2, 0) is 11.2 Å². The average Bonchev–Trinajstić information content (AvgIpc) is 2.55. The summed E-state index contributed by atoms with van der Waals surface area (Å²) in [6, 6.07) is 12.7. The Morgan fingerprint density at radius 1 is 1.12 bits per heavy atom. The third-order valence-corrected chi connectivity index (χ3v) is 5.17. The second-order valence-corrected chi connectivity index (χ2v) is 7.72. The molecule has 0 aliphatic carbocycles. The van der Waals surface area contributed by atoms with Gasteiger partial charge in [-0.15, -0.1) is 11.8 Å². The molecular formula is C21H26O3S. The maximum Gasteiger partial charge on any atom is 0.341 e. The minimum atomic E-state index is -0.961. The number of ether oxygens (including phenoxy) is 1. The molecule has 0 spiro atoms. The second-order valence-electron chi connectivity index (χ2n) is 6.55. The molecule has 25 heavy (non-hydrogen) atoms. The van der Waals surface area contributed by atoms with Gasteiger partial charge in [-0.3, -0.25) is 0 Å². The number of aliphatic carboxylic acids is 1. The Bertz CT molecular complexity index is 738. The van der Waals surface area contributed by atoms with E-state index in [2.05, 4.69) is 45.0 Å². The maximum absolute atomic E-state index is 10.6. The Balaban J connectivity index is 1.91. The van der Waals surface area contributed by atoms with Gasteiger partial charge in [-0.1, -0.05) is 32.0 Å². The third kappa shape index (κ3) is 5.82. The van der Waals surface area contributed by atoms with Gasteiger partial charge in [0.15, 0.2) is 6.61 Å². The van der Waals surface area contributed by atoms with Crippen molar-refractivity contribution in [1.82, 2.24) is 0 Å².